The molecule has 2 aromatic carbocycles. The molecule has 18 heavy (non-hydrogen) atoms. The van der Waals surface area contributed by atoms with Crippen LogP contribution in [0.1, 0.15) is 27.8 Å². The molecule has 0 aliphatic carbocycles. The second kappa shape index (κ2) is 4.93. The van der Waals surface area contributed by atoms with Crippen molar-refractivity contribution < 1.29 is 0 Å². The maximum Gasteiger partial charge on any atom is 0.102 e. The van der Waals surface area contributed by atoms with Gasteiger partial charge in [-0.3, -0.25) is 0 Å². The normalized spacial score (nSPS) is 10.1. The maximum absolute atomic E-state index is 9.16. The molecule has 2 rings (SSSR count). The first kappa shape index (κ1) is 12.2. The van der Waals surface area contributed by atoms with Crippen molar-refractivity contribution in [2.75, 3.05) is 5.73 Å². The van der Waals surface area contributed by atoms with Gasteiger partial charge in [0.05, 0.1) is 5.56 Å². The summed E-state index contributed by atoms with van der Waals surface area (Å²) in [6.45, 7) is 4.17. The molecule has 0 atom stereocenters. The van der Waals surface area contributed by atoms with Crippen molar-refractivity contribution in [2.24, 2.45) is 0 Å². The van der Waals surface area contributed by atoms with Gasteiger partial charge in [0.2, 0.25) is 0 Å². The molecule has 0 aliphatic rings. The minimum absolute atomic E-state index is 0.555. The van der Waals surface area contributed by atoms with E-state index < -0.39 is 0 Å². The smallest absolute Gasteiger partial charge is 0.102 e. The van der Waals surface area contributed by atoms with Gasteiger partial charge in [0.15, 0.2) is 0 Å². The molecule has 0 unspecified atom stereocenters. The van der Waals surface area contributed by atoms with Crippen LogP contribution >= 0.6 is 0 Å². The van der Waals surface area contributed by atoms with E-state index in [0.717, 1.165) is 12.0 Å². The molecular formula is C16H16N2. The molecule has 2 aromatic rings. The molecule has 0 radical (unpaired) electrons. The Morgan fingerprint density at radius 3 is 2.39 bits per heavy atom. The monoisotopic (exact) mass is 236 g/mol. The van der Waals surface area contributed by atoms with Crippen LogP contribution in [0.15, 0.2) is 36.4 Å². The SMILES string of the molecule is Cc1cc(C)cc(Cc2cccc(N)c2C#N)c1. The largest absolute Gasteiger partial charge is 0.398 e. The molecule has 0 heterocycles. The van der Waals surface area contributed by atoms with E-state index >= 15 is 0 Å². The number of hydrogen-bond acceptors (Lipinski definition) is 2. The number of nitriles is 1. The van der Waals surface area contributed by atoms with Crippen LogP contribution in [0.25, 0.3) is 0 Å². The lowest BCUT2D eigenvalue weighted by atomic mass is 9.97. The van der Waals surface area contributed by atoms with Crippen LogP contribution in [0.4, 0.5) is 5.69 Å². The van der Waals surface area contributed by atoms with Crippen molar-refractivity contribution in [3.63, 3.8) is 0 Å². The first-order valence-electron chi connectivity index (χ1n) is 5.95. The van der Waals surface area contributed by atoms with Crippen LogP contribution in [-0.2, 0) is 6.42 Å². The zero-order valence-corrected chi connectivity index (χ0v) is 10.7. The fourth-order valence-corrected chi connectivity index (χ4v) is 2.29. The Kier molecular flexibility index (Phi) is 3.34. The number of benzene rings is 2. The molecule has 0 spiro atoms. The van der Waals surface area contributed by atoms with Crippen molar-refractivity contribution in [2.45, 2.75) is 20.3 Å². The van der Waals surface area contributed by atoms with E-state index in [4.69, 9.17) is 11.0 Å². The number of nitrogens with two attached hydrogens (primary N) is 1. The summed E-state index contributed by atoms with van der Waals surface area (Å²) in [5, 5.41) is 9.16. The van der Waals surface area contributed by atoms with Gasteiger partial charge >= 0.3 is 0 Å². The van der Waals surface area contributed by atoms with Crippen molar-refractivity contribution in [3.05, 3.63) is 64.2 Å². The van der Waals surface area contributed by atoms with Gasteiger partial charge in [-0.1, -0.05) is 41.5 Å². The molecule has 0 fully saturated rings. The zero-order chi connectivity index (χ0) is 13.1. The number of nitrogen functional groups attached to an aromatic ring is 1. The highest BCUT2D eigenvalue weighted by Crippen LogP contribution is 2.20. The predicted octanol–water partition coefficient (Wildman–Crippen LogP) is 3.35. The fraction of sp³-hybridized carbons (Fsp3) is 0.188. The van der Waals surface area contributed by atoms with Crippen LogP contribution in [-0.4, -0.2) is 0 Å². The highest BCUT2D eigenvalue weighted by molar-refractivity contribution is 5.58. The van der Waals surface area contributed by atoms with E-state index in [2.05, 4.69) is 38.1 Å². The molecule has 0 saturated carbocycles. The Morgan fingerprint density at radius 1 is 1.11 bits per heavy atom. The second-order valence-corrected chi connectivity index (χ2v) is 4.67. The lowest BCUT2D eigenvalue weighted by Crippen LogP contribution is -1.98. The van der Waals surface area contributed by atoms with E-state index in [1.807, 2.05) is 12.1 Å². The van der Waals surface area contributed by atoms with Crippen molar-refractivity contribution in [1.29, 1.82) is 5.26 Å². The third-order valence-corrected chi connectivity index (χ3v) is 2.97. The standard InChI is InChI=1S/C16H16N2/c1-11-6-12(2)8-13(7-11)9-14-4-3-5-16(18)15(14)10-17/h3-8H,9,18H2,1-2H3. The summed E-state index contributed by atoms with van der Waals surface area (Å²) in [7, 11) is 0. The molecule has 0 aliphatic heterocycles. The Balaban J connectivity index is 2.40. The Bertz CT molecular complexity index is 601. The van der Waals surface area contributed by atoms with Crippen LogP contribution in [0, 0.1) is 25.2 Å². The predicted molar refractivity (Wildman–Crippen MR) is 74.3 cm³/mol. The fourth-order valence-electron chi connectivity index (χ4n) is 2.29. The van der Waals surface area contributed by atoms with E-state index in [1.165, 1.54) is 16.7 Å². The Morgan fingerprint density at radius 2 is 1.78 bits per heavy atom. The van der Waals surface area contributed by atoms with Crippen molar-refractivity contribution in [1.82, 2.24) is 0 Å². The van der Waals surface area contributed by atoms with E-state index in [1.54, 1.807) is 6.07 Å². The minimum atomic E-state index is 0.555. The van der Waals surface area contributed by atoms with Gasteiger partial charge in [-0.2, -0.15) is 5.26 Å². The first-order valence-corrected chi connectivity index (χ1v) is 5.95. The third kappa shape index (κ3) is 2.52. The Hall–Kier alpha value is -2.27. The molecule has 0 bridgehead atoms. The summed E-state index contributed by atoms with van der Waals surface area (Å²) in [4.78, 5) is 0. The van der Waals surface area contributed by atoms with Gasteiger partial charge in [0, 0.05) is 5.69 Å². The number of hydrogen-bond donors (Lipinski definition) is 1. The third-order valence-electron chi connectivity index (χ3n) is 2.97. The highest BCUT2D eigenvalue weighted by atomic mass is 14.6. The summed E-state index contributed by atoms with van der Waals surface area (Å²) in [6, 6.07) is 14.3. The summed E-state index contributed by atoms with van der Waals surface area (Å²) < 4.78 is 0. The summed E-state index contributed by atoms with van der Waals surface area (Å²) in [5.74, 6) is 0. The quantitative estimate of drug-likeness (QED) is 0.813. The van der Waals surface area contributed by atoms with Gasteiger partial charge in [-0.05, 0) is 37.5 Å². The molecule has 2 nitrogen and oxygen atoms in total. The van der Waals surface area contributed by atoms with Crippen LogP contribution < -0.4 is 5.73 Å². The van der Waals surface area contributed by atoms with Gasteiger partial charge < -0.3 is 5.73 Å². The van der Waals surface area contributed by atoms with Crippen LogP contribution in [0.3, 0.4) is 0 Å². The average molecular weight is 236 g/mol. The summed E-state index contributed by atoms with van der Waals surface area (Å²) >= 11 is 0. The lowest BCUT2D eigenvalue weighted by Gasteiger charge is -2.08. The molecule has 2 heteroatoms. The van der Waals surface area contributed by atoms with Crippen molar-refractivity contribution >= 4 is 5.69 Å². The molecular weight excluding hydrogens is 220 g/mol. The number of rotatable bonds is 2. The van der Waals surface area contributed by atoms with E-state index in [-0.39, 0.29) is 0 Å². The molecule has 0 saturated heterocycles. The zero-order valence-electron chi connectivity index (χ0n) is 10.7. The van der Waals surface area contributed by atoms with Crippen LogP contribution in [0.2, 0.25) is 0 Å². The number of anilines is 1. The molecule has 2 N–H and O–H groups in total. The maximum atomic E-state index is 9.16. The molecule has 0 aromatic heterocycles. The van der Waals surface area contributed by atoms with Crippen molar-refractivity contribution in [3.8, 4) is 6.07 Å². The van der Waals surface area contributed by atoms with Crippen LogP contribution in [0.5, 0.6) is 0 Å². The summed E-state index contributed by atoms with van der Waals surface area (Å²) in [6.07, 6.45) is 0.746. The van der Waals surface area contributed by atoms with Gasteiger partial charge in [0.25, 0.3) is 0 Å². The minimum Gasteiger partial charge on any atom is -0.398 e. The number of nitrogens with zero attached hydrogens (tertiary/aromatic N) is 1. The van der Waals surface area contributed by atoms with E-state index in [9.17, 15) is 0 Å². The topological polar surface area (TPSA) is 49.8 Å². The Labute approximate surface area is 108 Å². The lowest BCUT2D eigenvalue weighted by molar-refractivity contribution is 1.16. The molecule has 0 amide bonds. The number of aryl methyl sites for hydroxylation is 2. The van der Waals surface area contributed by atoms with Gasteiger partial charge in [-0.25, -0.2) is 0 Å². The molecule has 90 valence electrons. The highest BCUT2D eigenvalue weighted by Gasteiger charge is 2.06. The van der Waals surface area contributed by atoms with Gasteiger partial charge in [0.1, 0.15) is 6.07 Å². The second-order valence-electron chi connectivity index (χ2n) is 4.67. The van der Waals surface area contributed by atoms with Gasteiger partial charge in [-0.15, -0.1) is 0 Å². The first-order chi connectivity index (χ1) is 8.60. The van der Waals surface area contributed by atoms with E-state index in [0.29, 0.717) is 11.3 Å². The summed E-state index contributed by atoms with van der Waals surface area (Å²) in [5.41, 5.74) is 11.7. The average Bonchev–Trinajstić information content (AvgIpc) is 2.27.